The van der Waals surface area contributed by atoms with E-state index in [-0.39, 0.29) is 11.9 Å². The SMILES string of the molecule is Cc1ccc(Oc2ccc(C(=O)N3CC[C@@]4(C3)OC(=O)c3ccccc34)cc2)nn1. The van der Waals surface area contributed by atoms with Crippen LogP contribution in [0.2, 0.25) is 0 Å². The molecule has 2 aliphatic heterocycles. The molecule has 2 aromatic carbocycles. The summed E-state index contributed by atoms with van der Waals surface area (Å²) in [6, 6.07) is 17.9. The third kappa shape index (κ3) is 3.08. The van der Waals surface area contributed by atoms with Crippen LogP contribution in [0.15, 0.2) is 60.7 Å². The van der Waals surface area contributed by atoms with E-state index < -0.39 is 5.60 Å². The molecule has 1 atom stereocenters. The van der Waals surface area contributed by atoms with E-state index in [9.17, 15) is 9.59 Å². The van der Waals surface area contributed by atoms with Crippen molar-refractivity contribution in [2.24, 2.45) is 0 Å². The van der Waals surface area contributed by atoms with Crippen LogP contribution in [0.25, 0.3) is 0 Å². The predicted octanol–water partition coefficient (Wildman–Crippen LogP) is 3.49. The van der Waals surface area contributed by atoms with Crippen molar-refractivity contribution in [3.63, 3.8) is 0 Å². The van der Waals surface area contributed by atoms with E-state index in [1.807, 2.05) is 31.2 Å². The van der Waals surface area contributed by atoms with Crippen molar-refractivity contribution >= 4 is 11.9 Å². The highest BCUT2D eigenvalue weighted by atomic mass is 16.6. The number of rotatable bonds is 3. The Morgan fingerprint density at radius 3 is 2.63 bits per heavy atom. The lowest BCUT2D eigenvalue weighted by molar-refractivity contribution is -0.00306. The van der Waals surface area contributed by atoms with Crippen LogP contribution in [0.4, 0.5) is 0 Å². The van der Waals surface area contributed by atoms with E-state index in [2.05, 4.69) is 10.2 Å². The molecule has 2 aliphatic rings. The Morgan fingerprint density at radius 1 is 1.07 bits per heavy atom. The van der Waals surface area contributed by atoms with Gasteiger partial charge in [-0.15, -0.1) is 5.10 Å². The number of aromatic nitrogens is 2. The smallest absolute Gasteiger partial charge is 0.339 e. The molecular weight excluding hydrogens is 382 g/mol. The van der Waals surface area contributed by atoms with Gasteiger partial charge in [-0.3, -0.25) is 4.79 Å². The second kappa shape index (κ2) is 6.95. The number of amides is 1. The fraction of sp³-hybridized carbons (Fsp3) is 0.217. The summed E-state index contributed by atoms with van der Waals surface area (Å²) in [7, 11) is 0. The Balaban J connectivity index is 1.30. The van der Waals surface area contributed by atoms with Crippen molar-refractivity contribution in [3.8, 4) is 11.6 Å². The minimum absolute atomic E-state index is 0.103. The third-order valence-electron chi connectivity index (χ3n) is 5.54. The summed E-state index contributed by atoms with van der Waals surface area (Å²) >= 11 is 0. The molecule has 7 heteroatoms. The Morgan fingerprint density at radius 2 is 1.87 bits per heavy atom. The molecule has 150 valence electrons. The number of carbonyl (C=O) groups excluding carboxylic acids is 2. The average Bonchev–Trinajstić information content (AvgIpc) is 3.32. The molecule has 0 unspecified atom stereocenters. The average molecular weight is 401 g/mol. The number of carbonyl (C=O) groups is 2. The van der Waals surface area contributed by atoms with Gasteiger partial charge < -0.3 is 14.4 Å². The molecule has 0 saturated carbocycles. The Kier molecular flexibility index (Phi) is 4.24. The zero-order chi connectivity index (χ0) is 20.7. The van der Waals surface area contributed by atoms with E-state index in [4.69, 9.17) is 9.47 Å². The summed E-state index contributed by atoms with van der Waals surface area (Å²) in [4.78, 5) is 27.0. The normalized spacial score (nSPS) is 19.6. The zero-order valence-corrected chi connectivity index (χ0v) is 16.4. The first-order chi connectivity index (χ1) is 14.5. The van der Waals surface area contributed by atoms with Crippen LogP contribution >= 0.6 is 0 Å². The van der Waals surface area contributed by atoms with Crippen molar-refractivity contribution in [2.75, 3.05) is 13.1 Å². The summed E-state index contributed by atoms with van der Waals surface area (Å²) in [5.41, 5.74) is 2.08. The number of ether oxygens (including phenoxy) is 2. The van der Waals surface area contributed by atoms with Crippen molar-refractivity contribution < 1.29 is 19.1 Å². The molecule has 3 heterocycles. The first-order valence-corrected chi connectivity index (χ1v) is 9.74. The van der Waals surface area contributed by atoms with E-state index >= 15 is 0 Å². The fourth-order valence-corrected chi connectivity index (χ4v) is 4.01. The van der Waals surface area contributed by atoms with Gasteiger partial charge in [0.25, 0.3) is 5.91 Å². The maximum Gasteiger partial charge on any atom is 0.339 e. The van der Waals surface area contributed by atoms with Gasteiger partial charge in [-0.1, -0.05) is 18.2 Å². The van der Waals surface area contributed by atoms with Gasteiger partial charge in [-0.2, -0.15) is 5.10 Å². The number of likely N-dealkylation sites (tertiary alicyclic amines) is 1. The van der Waals surface area contributed by atoms with E-state index in [0.29, 0.717) is 42.3 Å². The van der Waals surface area contributed by atoms with Gasteiger partial charge in [0.2, 0.25) is 5.88 Å². The van der Waals surface area contributed by atoms with Gasteiger partial charge in [-0.25, -0.2) is 4.79 Å². The number of esters is 1. The van der Waals surface area contributed by atoms with Gasteiger partial charge in [0.05, 0.1) is 17.8 Å². The molecule has 0 aliphatic carbocycles. The first-order valence-electron chi connectivity index (χ1n) is 9.74. The van der Waals surface area contributed by atoms with Gasteiger partial charge in [0, 0.05) is 30.2 Å². The molecule has 3 aromatic rings. The largest absolute Gasteiger partial charge is 0.449 e. The predicted molar refractivity (Wildman–Crippen MR) is 107 cm³/mol. The second-order valence-corrected chi connectivity index (χ2v) is 7.55. The Bertz CT molecular complexity index is 1130. The van der Waals surface area contributed by atoms with Crippen LogP contribution in [0, 0.1) is 6.92 Å². The summed E-state index contributed by atoms with van der Waals surface area (Å²) in [5, 5.41) is 7.93. The highest BCUT2D eigenvalue weighted by Gasteiger charge is 2.50. The number of aryl methyl sites for hydroxylation is 1. The minimum Gasteiger partial charge on any atom is -0.449 e. The van der Waals surface area contributed by atoms with Crippen LogP contribution in [0.5, 0.6) is 11.6 Å². The van der Waals surface area contributed by atoms with E-state index in [1.165, 1.54) is 0 Å². The summed E-state index contributed by atoms with van der Waals surface area (Å²) < 4.78 is 11.4. The summed E-state index contributed by atoms with van der Waals surface area (Å²) in [5.74, 6) is 0.540. The summed E-state index contributed by atoms with van der Waals surface area (Å²) in [6.07, 6.45) is 0.592. The van der Waals surface area contributed by atoms with Crippen LogP contribution in [0.1, 0.15) is 38.4 Å². The monoisotopic (exact) mass is 401 g/mol. The topological polar surface area (TPSA) is 81.6 Å². The number of benzene rings is 2. The number of hydrogen-bond donors (Lipinski definition) is 0. The molecule has 30 heavy (non-hydrogen) atoms. The number of hydrogen-bond acceptors (Lipinski definition) is 6. The Hall–Kier alpha value is -3.74. The van der Waals surface area contributed by atoms with Crippen molar-refractivity contribution in [2.45, 2.75) is 18.9 Å². The molecule has 1 fully saturated rings. The van der Waals surface area contributed by atoms with Gasteiger partial charge in [0.15, 0.2) is 5.60 Å². The molecule has 1 saturated heterocycles. The number of fused-ring (bicyclic) bond motifs is 2. The van der Waals surface area contributed by atoms with E-state index in [0.717, 1.165) is 11.3 Å². The molecule has 0 N–H and O–H groups in total. The molecule has 1 spiro atoms. The quantitative estimate of drug-likeness (QED) is 0.625. The molecule has 0 radical (unpaired) electrons. The maximum absolute atomic E-state index is 13.0. The number of nitrogens with zero attached hydrogens (tertiary/aromatic N) is 3. The minimum atomic E-state index is -0.740. The molecular formula is C23H19N3O4. The van der Waals surface area contributed by atoms with Crippen molar-refractivity contribution in [3.05, 3.63) is 83.0 Å². The lowest BCUT2D eigenvalue weighted by Gasteiger charge is -2.24. The molecule has 7 nitrogen and oxygen atoms in total. The zero-order valence-electron chi connectivity index (χ0n) is 16.4. The molecule has 5 rings (SSSR count). The standard InChI is InChI=1S/C23H19N3O4/c1-15-6-11-20(25-24-15)29-17-9-7-16(8-10-17)21(27)26-13-12-23(14-26)19-5-3-2-4-18(19)22(28)30-23/h2-11H,12-14H2,1H3/t23-/m0/s1. The second-order valence-electron chi connectivity index (χ2n) is 7.55. The highest BCUT2D eigenvalue weighted by Crippen LogP contribution is 2.43. The van der Waals surface area contributed by atoms with Crippen molar-refractivity contribution in [1.29, 1.82) is 0 Å². The summed E-state index contributed by atoms with van der Waals surface area (Å²) in [6.45, 7) is 2.73. The van der Waals surface area contributed by atoms with E-state index in [1.54, 1.807) is 41.3 Å². The van der Waals surface area contributed by atoms with Gasteiger partial charge >= 0.3 is 5.97 Å². The third-order valence-corrected chi connectivity index (χ3v) is 5.54. The molecule has 1 aromatic heterocycles. The molecule has 1 amide bonds. The van der Waals surface area contributed by atoms with Crippen LogP contribution in [-0.2, 0) is 10.3 Å². The lowest BCUT2D eigenvalue weighted by atomic mass is 9.91. The van der Waals surface area contributed by atoms with Crippen LogP contribution in [0.3, 0.4) is 0 Å². The fourth-order valence-electron chi connectivity index (χ4n) is 4.01. The molecule has 0 bridgehead atoms. The van der Waals surface area contributed by atoms with Gasteiger partial charge in [-0.05, 0) is 43.3 Å². The first kappa shape index (κ1) is 18.3. The van der Waals surface area contributed by atoms with Crippen LogP contribution < -0.4 is 4.74 Å². The Labute approximate surface area is 173 Å². The highest BCUT2D eigenvalue weighted by molar-refractivity contribution is 5.96. The maximum atomic E-state index is 13.0. The van der Waals surface area contributed by atoms with Crippen molar-refractivity contribution in [1.82, 2.24) is 15.1 Å². The van der Waals surface area contributed by atoms with Gasteiger partial charge in [0.1, 0.15) is 5.75 Å². The van der Waals surface area contributed by atoms with Crippen LogP contribution in [-0.4, -0.2) is 40.1 Å². The lowest BCUT2D eigenvalue weighted by Crippen LogP contribution is -2.34.